The Hall–Kier alpha value is -4.17. The monoisotopic (exact) mass is 545 g/mol. The van der Waals surface area contributed by atoms with Gasteiger partial charge in [-0.15, -0.1) is 0 Å². The number of rotatable bonds is 8. The number of pyridine rings is 1. The summed E-state index contributed by atoms with van der Waals surface area (Å²) in [5.74, 6) is -0.341. The SMILES string of the molecule is Cc1cc(C(=O)O)cnc1N1C(=O)CCc2cc(OCC(C(=O)C3CC3)=C(N)c3c(C)cccc3Cl)ccc21. The molecule has 0 bridgehead atoms. The number of hydrogen-bond acceptors (Lipinski definition) is 6. The summed E-state index contributed by atoms with van der Waals surface area (Å²) in [6, 6.07) is 12.4. The van der Waals surface area contributed by atoms with Crippen LogP contribution in [0.15, 0.2) is 54.2 Å². The Morgan fingerprint density at radius 1 is 1.13 bits per heavy atom. The minimum absolute atomic E-state index is 0.00935. The van der Waals surface area contributed by atoms with Gasteiger partial charge in [0, 0.05) is 24.1 Å². The molecule has 0 atom stereocenters. The molecule has 1 fully saturated rings. The van der Waals surface area contributed by atoms with Gasteiger partial charge in [-0.2, -0.15) is 0 Å². The minimum Gasteiger partial charge on any atom is -0.489 e. The maximum Gasteiger partial charge on any atom is 0.337 e. The second-order valence-corrected chi connectivity index (χ2v) is 10.3. The lowest BCUT2D eigenvalue weighted by atomic mass is 9.98. The number of carboxylic acids is 1. The number of Topliss-reactive ketones (excluding diaryl/α,β-unsaturated/α-hetero) is 1. The molecule has 0 unspecified atom stereocenters. The van der Waals surface area contributed by atoms with E-state index in [2.05, 4.69) is 4.98 Å². The van der Waals surface area contributed by atoms with Gasteiger partial charge in [0.2, 0.25) is 5.91 Å². The lowest BCUT2D eigenvalue weighted by molar-refractivity contribution is -0.118. The first kappa shape index (κ1) is 26.4. The van der Waals surface area contributed by atoms with Crippen LogP contribution in [0.25, 0.3) is 5.70 Å². The molecule has 1 amide bonds. The third kappa shape index (κ3) is 5.25. The van der Waals surface area contributed by atoms with Crippen molar-refractivity contribution in [2.24, 2.45) is 11.7 Å². The van der Waals surface area contributed by atoms with E-state index in [-0.39, 0.29) is 36.2 Å². The highest BCUT2D eigenvalue weighted by molar-refractivity contribution is 6.32. The number of aromatic nitrogens is 1. The number of carbonyl (C=O) groups excluding carboxylic acids is 2. The van der Waals surface area contributed by atoms with Gasteiger partial charge in [-0.1, -0.05) is 23.7 Å². The molecule has 1 aromatic heterocycles. The van der Waals surface area contributed by atoms with Crippen molar-refractivity contribution in [3.63, 3.8) is 0 Å². The summed E-state index contributed by atoms with van der Waals surface area (Å²) in [5, 5.41) is 9.74. The zero-order chi connectivity index (χ0) is 27.8. The van der Waals surface area contributed by atoms with Crippen LogP contribution in [0.4, 0.5) is 11.5 Å². The molecule has 5 rings (SSSR count). The first-order valence-electron chi connectivity index (χ1n) is 12.7. The lowest BCUT2D eigenvalue weighted by Crippen LogP contribution is -2.32. The van der Waals surface area contributed by atoms with Gasteiger partial charge < -0.3 is 15.6 Å². The van der Waals surface area contributed by atoms with Gasteiger partial charge in [0.05, 0.1) is 27.5 Å². The summed E-state index contributed by atoms with van der Waals surface area (Å²) in [5.41, 5.74) is 11.0. The van der Waals surface area contributed by atoms with Crippen molar-refractivity contribution in [3.8, 4) is 5.75 Å². The molecule has 1 aliphatic heterocycles. The molecule has 0 spiro atoms. The normalized spacial score (nSPS) is 15.5. The van der Waals surface area contributed by atoms with Crippen molar-refractivity contribution >= 4 is 46.5 Å². The van der Waals surface area contributed by atoms with Gasteiger partial charge in [0.15, 0.2) is 5.78 Å². The molecule has 2 aromatic carbocycles. The number of fused-ring (bicyclic) bond motifs is 1. The van der Waals surface area contributed by atoms with E-state index in [4.69, 9.17) is 22.1 Å². The number of ether oxygens (including phenoxy) is 1. The summed E-state index contributed by atoms with van der Waals surface area (Å²) >= 11 is 6.44. The zero-order valence-electron chi connectivity index (χ0n) is 21.7. The van der Waals surface area contributed by atoms with Crippen molar-refractivity contribution in [1.82, 2.24) is 4.98 Å². The smallest absolute Gasteiger partial charge is 0.337 e. The van der Waals surface area contributed by atoms with Crippen molar-refractivity contribution in [2.45, 2.75) is 39.5 Å². The molecule has 8 nitrogen and oxygen atoms in total. The van der Waals surface area contributed by atoms with Crippen LogP contribution in [-0.4, -0.2) is 34.4 Å². The van der Waals surface area contributed by atoms with Crippen molar-refractivity contribution in [2.75, 3.05) is 11.5 Å². The Morgan fingerprint density at radius 2 is 1.90 bits per heavy atom. The van der Waals surface area contributed by atoms with Gasteiger partial charge in [-0.05, 0) is 80.1 Å². The van der Waals surface area contributed by atoms with E-state index in [0.717, 1.165) is 24.0 Å². The predicted molar refractivity (Wildman–Crippen MR) is 148 cm³/mol. The third-order valence-electron chi connectivity index (χ3n) is 7.10. The lowest BCUT2D eigenvalue weighted by Gasteiger charge is -2.30. The fraction of sp³-hybridized carbons (Fsp3) is 0.267. The Morgan fingerprint density at radius 3 is 2.56 bits per heavy atom. The van der Waals surface area contributed by atoms with Crippen LogP contribution in [0, 0.1) is 19.8 Å². The van der Waals surface area contributed by atoms with E-state index >= 15 is 0 Å². The van der Waals surface area contributed by atoms with Crippen LogP contribution in [0.2, 0.25) is 5.02 Å². The number of halogens is 1. The number of ketones is 1. The molecule has 1 saturated carbocycles. The van der Waals surface area contributed by atoms with Gasteiger partial charge in [-0.25, -0.2) is 9.78 Å². The van der Waals surface area contributed by atoms with Gasteiger partial charge in [0.25, 0.3) is 0 Å². The third-order valence-corrected chi connectivity index (χ3v) is 7.42. The van der Waals surface area contributed by atoms with Crippen LogP contribution >= 0.6 is 11.6 Å². The zero-order valence-corrected chi connectivity index (χ0v) is 22.4. The number of nitrogens with zero attached hydrogens (tertiary/aromatic N) is 2. The predicted octanol–water partition coefficient (Wildman–Crippen LogP) is 5.39. The molecule has 3 aromatic rings. The summed E-state index contributed by atoms with van der Waals surface area (Å²) in [7, 11) is 0. The second-order valence-electron chi connectivity index (χ2n) is 9.94. The summed E-state index contributed by atoms with van der Waals surface area (Å²) in [4.78, 5) is 43.2. The fourth-order valence-corrected chi connectivity index (χ4v) is 5.19. The van der Waals surface area contributed by atoms with Gasteiger partial charge >= 0.3 is 5.97 Å². The van der Waals surface area contributed by atoms with E-state index in [1.165, 1.54) is 17.2 Å². The maximum absolute atomic E-state index is 13.2. The van der Waals surface area contributed by atoms with Crippen LogP contribution in [0.1, 0.15) is 51.9 Å². The number of amides is 1. The highest BCUT2D eigenvalue weighted by Gasteiger charge is 2.34. The molecule has 200 valence electrons. The summed E-state index contributed by atoms with van der Waals surface area (Å²) in [6.45, 7) is 3.62. The minimum atomic E-state index is -1.08. The number of nitrogens with two attached hydrogens (primary N) is 1. The van der Waals surface area contributed by atoms with Crippen molar-refractivity contribution in [3.05, 3.63) is 87.1 Å². The van der Waals surface area contributed by atoms with E-state index in [9.17, 15) is 19.5 Å². The molecule has 3 N–H and O–H groups in total. The first-order valence-corrected chi connectivity index (χ1v) is 13.1. The van der Waals surface area contributed by atoms with E-state index < -0.39 is 5.97 Å². The molecule has 0 saturated heterocycles. The summed E-state index contributed by atoms with van der Waals surface area (Å²) < 4.78 is 6.10. The quantitative estimate of drug-likeness (QED) is 0.364. The van der Waals surface area contributed by atoms with Crippen LogP contribution in [-0.2, 0) is 16.0 Å². The molecule has 9 heteroatoms. The van der Waals surface area contributed by atoms with Crippen molar-refractivity contribution in [1.29, 1.82) is 0 Å². The Bertz CT molecular complexity index is 1520. The van der Waals surface area contributed by atoms with Crippen molar-refractivity contribution < 1.29 is 24.2 Å². The molecule has 39 heavy (non-hydrogen) atoms. The van der Waals surface area contributed by atoms with Crippen LogP contribution in [0.5, 0.6) is 5.75 Å². The molecular formula is C30H28ClN3O5. The highest BCUT2D eigenvalue weighted by Crippen LogP contribution is 2.38. The molecule has 2 aliphatic rings. The average molecular weight is 546 g/mol. The number of aryl methyl sites for hydroxylation is 3. The number of benzene rings is 2. The fourth-order valence-electron chi connectivity index (χ4n) is 4.86. The van der Waals surface area contributed by atoms with E-state index in [1.54, 1.807) is 25.1 Å². The molecule has 2 heterocycles. The maximum atomic E-state index is 13.2. The summed E-state index contributed by atoms with van der Waals surface area (Å²) in [6.07, 6.45) is 3.70. The topological polar surface area (TPSA) is 123 Å². The molecule has 0 radical (unpaired) electrons. The number of hydrogen-bond donors (Lipinski definition) is 2. The Balaban J connectivity index is 1.44. The van der Waals surface area contributed by atoms with Crippen LogP contribution < -0.4 is 15.4 Å². The van der Waals surface area contributed by atoms with E-state index in [0.29, 0.717) is 51.1 Å². The Labute approximate surface area is 231 Å². The first-order chi connectivity index (χ1) is 18.7. The molecule has 1 aliphatic carbocycles. The highest BCUT2D eigenvalue weighted by atomic mass is 35.5. The Kier molecular flexibility index (Phi) is 7.14. The second kappa shape index (κ2) is 10.5. The average Bonchev–Trinajstić information content (AvgIpc) is 3.75. The number of anilines is 2. The van der Waals surface area contributed by atoms with E-state index in [1.807, 2.05) is 25.1 Å². The standard InChI is InChI=1S/C30H28ClN3O5/c1-16-4-3-5-23(31)26(16)27(32)22(28(36)18-6-7-18)15-39-21-9-10-24-19(13-21)8-11-25(35)34(24)29-17(2)12-20(14-33-29)30(37)38/h3-5,9-10,12-14,18H,6-8,11,15,32H2,1-2H3,(H,37,38). The van der Waals surface area contributed by atoms with Gasteiger partial charge in [0.1, 0.15) is 18.2 Å². The largest absolute Gasteiger partial charge is 0.489 e. The number of aromatic carboxylic acids is 1. The molecular weight excluding hydrogens is 518 g/mol. The van der Waals surface area contributed by atoms with Crippen LogP contribution in [0.3, 0.4) is 0 Å². The van der Waals surface area contributed by atoms with Gasteiger partial charge in [-0.3, -0.25) is 14.5 Å². The number of carbonyl (C=O) groups is 3. The number of carboxylic acid groups (broad SMARTS) is 1.